The van der Waals surface area contributed by atoms with E-state index in [4.69, 9.17) is 14.2 Å². The van der Waals surface area contributed by atoms with Crippen LogP contribution < -0.4 is 19.5 Å². The van der Waals surface area contributed by atoms with Gasteiger partial charge in [-0.25, -0.2) is 8.42 Å². The summed E-state index contributed by atoms with van der Waals surface area (Å²) in [5.74, 6) is 1.48. The van der Waals surface area contributed by atoms with Crippen LogP contribution in [0, 0.1) is 0 Å². The number of carbonyl (C=O) groups excluding carboxylic acids is 1. The van der Waals surface area contributed by atoms with Crippen molar-refractivity contribution in [1.82, 2.24) is 0 Å². The van der Waals surface area contributed by atoms with Gasteiger partial charge < -0.3 is 19.5 Å². The Balaban J connectivity index is 1.64. The standard InChI is InChI=1S/C24H25NO6S/c1-3-30-19-7-6-8-20(17-19)31-23-10-5-4-9-22(23)25-24(26)15-16-32(27,28)21-13-11-18(29-2)12-14-21/h4-14,17H,3,15-16H2,1-2H3,(H,25,26). The molecule has 0 fully saturated rings. The van der Waals surface area contributed by atoms with Crippen LogP contribution in [0.25, 0.3) is 0 Å². The van der Waals surface area contributed by atoms with Crippen LogP contribution >= 0.6 is 0 Å². The summed E-state index contributed by atoms with van der Waals surface area (Å²) < 4.78 is 41.5. The van der Waals surface area contributed by atoms with E-state index in [0.29, 0.717) is 35.3 Å². The number of sulfone groups is 1. The van der Waals surface area contributed by atoms with Crippen LogP contribution in [0.4, 0.5) is 5.69 Å². The van der Waals surface area contributed by atoms with Gasteiger partial charge in [-0.2, -0.15) is 0 Å². The third-order valence-corrected chi connectivity index (χ3v) is 6.25. The molecular formula is C24H25NO6S. The molecule has 0 unspecified atom stereocenters. The Morgan fingerprint density at radius 1 is 0.906 bits per heavy atom. The Kier molecular flexibility index (Phi) is 7.72. The van der Waals surface area contributed by atoms with Crippen molar-refractivity contribution in [3.05, 3.63) is 72.8 Å². The average molecular weight is 456 g/mol. The van der Waals surface area contributed by atoms with E-state index in [1.165, 1.54) is 19.2 Å². The second-order valence-corrected chi connectivity index (χ2v) is 8.91. The second kappa shape index (κ2) is 10.7. The molecule has 3 aromatic carbocycles. The van der Waals surface area contributed by atoms with Crippen LogP contribution in [-0.2, 0) is 14.6 Å². The van der Waals surface area contributed by atoms with E-state index >= 15 is 0 Å². The molecule has 0 aromatic heterocycles. The molecule has 1 amide bonds. The van der Waals surface area contributed by atoms with Gasteiger partial charge in [-0.1, -0.05) is 18.2 Å². The van der Waals surface area contributed by atoms with Crippen LogP contribution in [0.15, 0.2) is 77.7 Å². The molecule has 0 heterocycles. The summed E-state index contributed by atoms with van der Waals surface area (Å²) >= 11 is 0. The lowest BCUT2D eigenvalue weighted by Gasteiger charge is -2.13. The fourth-order valence-corrected chi connectivity index (χ4v) is 4.16. The number of methoxy groups -OCH3 is 1. The third kappa shape index (κ3) is 6.24. The van der Waals surface area contributed by atoms with Crippen molar-refractivity contribution < 1.29 is 27.4 Å². The van der Waals surface area contributed by atoms with Gasteiger partial charge >= 0.3 is 0 Å². The number of rotatable bonds is 10. The van der Waals surface area contributed by atoms with Crippen LogP contribution in [0.3, 0.4) is 0 Å². The largest absolute Gasteiger partial charge is 0.497 e. The molecule has 1 N–H and O–H groups in total. The van der Waals surface area contributed by atoms with Crippen molar-refractivity contribution >= 4 is 21.4 Å². The summed E-state index contributed by atoms with van der Waals surface area (Å²) in [5, 5.41) is 2.73. The van der Waals surface area contributed by atoms with Crippen LogP contribution in [0.1, 0.15) is 13.3 Å². The molecule has 0 spiro atoms. The Bertz CT molecular complexity index is 1160. The predicted octanol–water partition coefficient (Wildman–Crippen LogP) is 4.69. The van der Waals surface area contributed by atoms with Gasteiger partial charge in [0.15, 0.2) is 15.6 Å². The minimum Gasteiger partial charge on any atom is -0.497 e. The van der Waals surface area contributed by atoms with Gasteiger partial charge in [-0.3, -0.25) is 4.79 Å². The molecule has 168 valence electrons. The third-order valence-electron chi connectivity index (χ3n) is 4.52. The SMILES string of the molecule is CCOc1cccc(Oc2ccccc2NC(=O)CCS(=O)(=O)c2ccc(OC)cc2)c1. The molecule has 0 bridgehead atoms. The summed E-state index contributed by atoms with van der Waals surface area (Å²) in [6.45, 7) is 2.43. The van der Waals surface area contributed by atoms with Crippen LogP contribution in [0.2, 0.25) is 0 Å². The average Bonchev–Trinajstić information content (AvgIpc) is 2.80. The Hall–Kier alpha value is -3.52. The summed E-state index contributed by atoms with van der Waals surface area (Å²) in [6, 6.07) is 20.2. The molecule has 0 aliphatic heterocycles. The summed E-state index contributed by atoms with van der Waals surface area (Å²) in [7, 11) is -2.10. The van der Waals surface area contributed by atoms with Crippen molar-refractivity contribution in [1.29, 1.82) is 0 Å². The Morgan fingerprint density at radius 2 is 1.62 bits per heavy atom. The van der Waals surface area contributed by atoms with Gasteiger partial charge in [-0.15, -0.1) is 0 Å². The molecule has 0 aliphatic carbocycles. The first kappa shape index (κ1) is 23.1. The maximum Gasteiger partial charge on any atom is 0.225 e. The molecule has 0 saturated heterocycles. The van der Waals surface area contributed by atoms with E-state index in [1.807, 2.05) is 19.1 Å². The second-order valence-electron chi connectivity index (χ2n) is 6.80. The van der Waals surface area contributed by atoms with E-state index in [1.54, 1.807) is 48.5 Å². The topological polar surface area (TPSA) is 90.9 Å². The highest BCUT2D eigenvalue weighted by atomic mass is 32.2. The molecule has 0 aliphatic rings. The first-order valence-corrected chi connectivity index (χ1v) is 11.7. The van der Waals surface area contributed by atoms with Crippen molar-refractivity contribution in [2.24, 2.45) is 0 Å². The highest BCUT2D eigenvalue weighted by Gasteiger charge is 2.17. The number of hydrogen-bond donors (Lipinski definition) is 1. The van der Waals surface area contributed by atoms with Crippen molar-refractivity contribution in [3.63, 3.8) is 0 Å². The van der Waals surface area contributed by atoms with Gasteiger partial charge in [0, 0.05) is 12.5 Å². The molecule has 32 heavy (non-hydrogen) atoms. The first-order chi connectivity index (χ1) is 15.4. The van der Waals surface area contributed by atoms with Gasteiger partial charge in [0.1, 0.15) is 17.2 Å². The highest BCUT2D eigenvalue weighted by Crippen LogP contribution is 2.31. The number of ether oxygens (including phenoxy) is 3. The Labute approximate surface area is 187 Å². The van der Waals surface area contributed by atoms with Crippen molar-refractivity contribution in [2.75, 3.05) is 24.8 Å². The first-order valence-electron chi connectivity index (χ1n) is 10.1. The molecular weight excluding hydrogens is 430 g/mol. The number of amides is 1. The quantitative estimate of drug-likeness (QED) is 0.477. The molecule has 7 nitrogen and oxygen atoms in total. The normalized spacial score (nSPS) is 10.9. The van der Waals surface area contributed by atoms with Crippen molar-refractivity contribution in [2.45, 2.75) is 18.2 Å². The van der Waals surface area contributed by atoms with Crippen LogP contribution in [0.5, 0.6) is 23.0 Å². The molecule has 0 saturated carbocycles. The zero-order chi connectivity index (χ0) is 23.0. The van der Waals surface area contributed by atoms with Crippen LogP contribution in [-0.4, -0.2) is 33.8 Å². The highest BCUT2D eigenvalue weighted by molar-refractivity contribution is 7.91. The lowest BCUT2D eigenvalue weighted by molar-refractivity contribution is -0.115. The number of nitrogens with one attached hydrogen (secondary N) is 1. The monoisotopic (exact) mass is 455 g/mol. The molecule has 3 aromatic rings. The van der Waals surface area contributed by atoms with E-state index in [9.17, 15) is 13.2 Å². The molecule has 0 atom stereocenters. The predicted molar refractivity (Wildman–Crippen MR) is 122 cm³/mol. The fourth-order valence-electron chi connectivity index (χ4n) is 2.92. The minimum atomic E-state index is -3.60. The zero-order valence-corrected chi connectivity index (χ0v) is 18.7. The van der Waals surface area contributed by atoms with Crippen molar-refractivity contribution in [3.8, 4) is 23.0 Å². The number of hydrogen-bond acceptors (Lipinski definition) is 6. The van der Waals surface area contributed by atoms with Gasteiger partial charge in [0.2, 0.25) is 5.91 Å². The van der Waals surface area contributed by atoms with E-state index in [2.05, 4.69) is 5.32 Å². The Morgan fingerprint density at radius 3 is 2.34 bits per heavy atom. The van der Waals surface area contributed by atoms with Gasteiger partial charge in [0.05, 0.1) is 30.1 Å². The van der Waals surface area contributed by atoms with E-state index in [-0.39, 0.29) is 17.1 Å². The number of carbonyl (C=O) groups is 1. The summed E-state index contributed by atoms with van der Waals surface area (Å²) in [5.41, 5.74) is 0.446. The number of benzene rings is 3. The fraction of sp³-hybridized carbons (Fsp3) is 0.208. The lowest BCUT2D eigenvalue weighted by Crippen LogP contribution is -2.17. The number of anilines is 1. The molecule has 0 radical (unpaired) electrons. The maximum atomic E-state index is 12.5. The molecule has 8 heteroatoms. The van der Waals surface area contributed by atoms with E-state index in [0.717, 1.165) is 0 Å². The summed E-state index contributed by atoms with van der Waals surface area (Å²) in [4.78, 5) is 12.6. The lowest BCUT2D eigenvalue weighted by atomic mass is 10.2. The minimum absolute atomic E-state index is 0.143. The van der Waals surface area contributed by atoms with Gasteiger partial charge in [-0.05, 0) is 55.5 Å². The zero-order valence-electron chi connectivity index (χ0n) is 17.9. The smallest absolute Gasteiger partial charge is 0.225 e. The maximum absolute atomic E-state index is 12.5. The van der Waals surface area contributed by atoms with E-state index < -0.39 is 15.7 Å². The molecule has 3 rings (SSSR count). The number of para-hydroxylation sites is 2. The summed E-state index contributed by atoms with van der Waals surface area (Å²) in [6.07, 6.45) is -0.192. The van der Waals surface area contributed by atoms with Gasteiger partial charge in [0.25, 0.3) is 0 Å².